The molecule has 0 bridgehead atoms. The van der Waals surface area contributed by atoms with E-state index in [0.29, 0.717) is 18.1 Å². The summed E-state index contributed by atoms with van der Waals surface area (Å²) in [5, 5.41) is 18.3. The van der Waals surface area contributed by atoms with Gasteiger partial charge in [-0.3, -0.25) is 4.79 Å². The normalized spacial score (nSPS) is 16.5. The van der Waals surface area contributed by atoms with Gasteiger partial charge in [-0.25, -0.2) is 0 Å². The third-order valence-electron chi connectivity index (χ3n) is 2.07. The molecule has 3 atom stereocenters. The van der Waals surface area contributed by atoms with Crippen molar-refractivity contribution in [3.8, 4) is 0 Å². The van der Waals surface area contributed by atoms with Gasteiger partial charge < -0.3 is 19.7 Å². The van der Waals surface area contributed by atoms with Crippen LogP contribution in [0.3, 0.4) is 0 Å². The van der Waals surface area contributed by atoms with Gasteiger partial charge in [0.1, 0.15) is 0 Å². The molecule has 2 N–H and O–H groups in total. The first-order valence-electron chi connectivity index (χ1n) is 5.56. The van der Waals surface area contributed by atoms with Crippen molar-refractivity contribution in [3.05, 3.63) is 0 Å². The minimum Gasteiger partial charge on any atom is -0.481 e. The highest BCUT2D eigenvalue weighted by Crippen LogP contribution is 2.10. The number of aliphatic carboxylic acids is 1. The summed E-state index contributed by atoms with van der Waals surface area (Å²) in [6, 6.07) is 0. The van der Waals surface area contributed by atoms with Crippen LogP contribution in [0, 0.1) is 5.92 Å². The van der Waals surface area contributed by atoms with E-state index in [-0.39, 0.29) is 18.6 Å². The Balaban J connectivity index is 3.52. The first kappa shape index (κ1) is 16.7. The summed E-state index contributed by atoms with van der Waals surface area (Å²) in [6.07, 6.45) is -0.613. The molecule has 3 unspecified atom stereocenters. The standard InChI is InChI=1S/C11H22O5S/c1-8(11(13)14)6-17-7-10(12)5-16-9(2)4-15-3/h8-10,12H,4-7H2,1-3H3,(H,13,14). The van der Waals surface area contributed by atoms with Gasteiger partial charge in [0.15, 0.2) is 0 Å². The molecule has 0 saturated heterocycles. The zero-order chi connectivity index (χ0) is 13.3. The Labute approximate surface area is 106 Å². The van der Waals surface area contributed by atoms with Gasteiger partial charge >= 0.3 is 5.97 Å². The van der Waals surface area contributed by atoms with Gasteiger partial charge in [0, 0.05) is 18.6 Å². The van der Waals surface area contributed by atoms with Gasteiger partial charge in [-0.15, -0.1) is 0 Å². The Morgan fingerprint density at radius 3 is 2.47 bits per heavy atom. The van der Waals surface area contributed by atoms with Gasteiger partial charge in [0.25, 0.3) is 0 Å². The molecule has 0 aliphatic carbocycles. The average Bonchev–Trinajstić information content (AvgIpc) is 2.26. The Hall–Kier alpha value is -0.300. The van der Waals surface area contributed by atoms with Crippen LogP contribution in [-0.4, -0.2) is 60.2 Å². The van der Waals surface area contributed by atoms with E-state index in [4.69, 9.17) is 14.6 Å². The van der Waals surface area contributed by atoms with Gasteiger partial charge in [-0.2, -0.15) is 11.8 Å². The Kier molecular flexibility index (Phi) is 9.53. The van der Waals surface area contributed by atoms with Crippen LogP contribution in [0.1, 0.15) is 13.8 Å². The van der Waals surface area contributed by atoms with Crippen LogP contribution in [0.2, 0.25) is 0 Å². The van der Waals surface area contributed by atoms with Crippen LogP contribution in [0.5, 0.6) is 0 Å². The molecular formula is C11H22O5S. The number of carboxylic acids is 1. The molecule has 17 heavy (non-hydrogen) atoms. The maximum absolute atomic E-state index is 10.5. The lowest BCUT2D eigenvalue weighted by molar-refractivity contribution is -0.140. The van der Waals surface area contributed by atoms with Crippen LogP contribution in [0.15, 0.2) is 0 Å². The summed E-state index contributed by atoms with van der Waals surface area (Å²) >= 11 is 1.42. The second-order valence-electron chi connectivity index (χ2n) is 4.03. The highest BCUT2D eigenvalue weighted by Gasteiger charge is 2.13. The summed E-state index contributed by atoms with van der Waals surface area (Å²) < 4.78 is 10.2. The molecule has 0 fully saturated rings. The maximum atomic E-state index is 10.5. The molecule has 0 saturated carbocycles. The summed E-state index contributed by atoms with van der Waals surface area (Å²) in [4.78, 5) is 10.5. The van der Waals surface area contributed by atoms with Crippen molar-refractivity contribution in [3.63, 3.8) is 0 Å². The predicted molar refractivity (Wildman–Crippen MR) is 67.4 cm³/mol. The topological polar surface area (TPSA) is 76.0 Å². The average molecular weight is 266 g/mol. The largest absolute Gasteiger partial charge is 0.481 e. The number of aliphatic hydroxyl groups is 1. The number of hydrogen-bond donors (Lipinski definition) is 2. The summed E-state index contributed by atoms with van der Waals surface area (Å²) in [7, 11) is 1.60. The molecule has 0 heterocycles. The van der Waals surface area contributed by atoms with E-state index in [1.807, 2.05) is 6.92 Å². The molecule has 0 aromatic heterocycles. The number of rotatable bonds is 10. The molecule has 0 aliphatic heterocycles. The van der Waals surface area contributed by atoms with Crippen molar-refractivity contribution in [1.82, 2.24) is 0 Å². The van der Waals surface area contributed by atoms with Crippen molar-refractivity contribution in [1.29, 1.82) is 0 Å². The second-order valence-corrected chi connectivity index (χ2v) is 5.10. The molecule has 5 nitrogen and oxygen atoms in total. The van der Waals surface area contributed by atoms with E-state index in [1.54, 1.807) is 14.0 Å². The molecule has 102 valence electrons. The number of thioether (sulfide) groups is 1. The fraction of sp³-hybridized carbons (Fsp3) is 0.909. The van der Waals surface area contributed by atoms with E-state index < -0.39 is 12.1 Å². The monoisotopic (exact) mass is 266 g/mol. The number of carbonyl (C=O) groups is 1. The number of ether oxygens (including phenoxy) is 2. The van der Waals surface area contributed by atoms with E-state index in [2.05, 4.69) is 0 Å². The molecule has 0 aliphatic rings. The molecule has 6 heteroatoms. The number of carboxylic acid groups (broad SMARTS) is 1. The smallest absolute Gasteiger partial charge is 0.307 e. The summed E-state index contributed by atoms with van der Waals surface area (Å²) in [5.41, 5.74) is 0. The van der Waals surface area contributed by atoms with Gasteiger partial charge in [0.2, 0.25) is 0 Å². The van der Waals surface area contributed by atoms with Crippen LogP contribution in [0.25, 0.3) is 0 Å². The number of aliphatic hydroxyl groups excluding tert-OH is 1. The quantitative estimate of drug-likeness (QED) is 0.610. The maximum Gasteiger partial charge on any atom is 0.307 e. The highest BCUT2D eigenvalue weighted by molar-refractivity contribution is 7.99. The highest BCUT2D eigenvalue weighted by atomic mass is 32.2. The Bertz CT molecular complexity index is 212. The molecular weight excluding hydrogens is 244 g/mol. The minimum atomic E-state index is -0.808. The van der Waals surface area contributed by atoms with Crippen molar-refractivity contribution >= 4 is 17.7 Å². The Morgan fingerprint density at radius 2 is 1.94 bits per heavy atom. The predicted octanol–water partition coefficient (Wildman–Crippen LogP) is 0.853. The first-order valence-corrected chi connectivity index (χ1v) is 6.72. The molecule has 0 amide bonds. The third-order valence-corrected chi connectivity index (χ3v) is 3.43. The fourth-order valence-corrected chi connectivity index (χ4v) is 2.06. The third kappa shape index (κ3) is 9.41. The number of hydrogen-bond acceptors (Lipinski definition) is 5. The van der Waals surface area contributed by atoms with E-state index in [1.165, 1.54) is 11.8 Å². The van der Waals surface area contributed by atoms with Crippen LogP contribution in [-0.2, 0) is 14.3 Å². The lowest BCUT2D eigenvalue weighted by atomic mass is 10.2. The van der Waals surface area contributed by atoms with Gasteiger partial charge in [-0.1, -0.05) is 6.92 Å². The zero-order valence-corrected chi connectivity index (χ0v) is 11.4. The zero-order valence-electron chi connectivity index (χ0n) is 10.6. The molecule has 0 spiro atoms. The minimum absolute atomic E-state index is 0.0439. The second kappa shape index (κ2) is 9.70. The summed E-state index contributed by atoms with van der Waals surface area (Å²) in [6.45, 7) is 4.27. The van der Waals surface area contributed by atoms with Gasteiger partial charge in [0.05, 0.1) is 31.3 Å². The summed E-state index contributed by atoms with van der Waals surface area (Å²) in [5.74, 6) is -0.213. The van der Waals surface area contributed by atoms with Crippen molar-refractivity contribution in [2.75, 3.05) is 31.8 Å². The number of methoxy groups -OCH3 is 1. The van der Waals surface area contributed by atoms with Crippen LogP contribution < -0.4 is 0 Å². The molecule has 0 radical (unpaired) electrons. The van der Waals surface area contributed by atoms with E-state index >= 15 is 0 Å². The van der Waals surface area contributed by atoms with Crippen LogP contribution >= 0.6 is 11.8 Å². The Morgan fingerprint density at radius 1 is 1.29 bits per heavy atom. The van der Waals surface area contributed by atoms with Crippen molar-refractivity contribution < 1.29 is 24.5 Å². The van der Waals surface area contributed by atoms with E-state index in [0.717, 1.165) is 0 Å². The van der Waals surface area contributed by atoms with Crippen molar-refractivity contribution in [2.45, 2.75) is 26.1 Å². The van der Waals surface area contributed by atoms with E-state index in [9.17, 15) is 9.90 Å². The van der Waals surface area contributed by atoms with Gasteiger partial charge in [-0.05, 0) is 6.92 Å². The lowest BCUT2D eigenvalue weighted by Gasteiger charge is -2.16. The SMILES string of the molecule is COCC(C)OCC(O)CSCC(C)C(=O)O. The molecule has 0 rings (SSSR count). The van der Waals surface area contributed by atoms with Crippen LogP contribution in [0.4, 0.5) is 0 Å². The lowest BCUT2D eigenvalue weighted by Crippen LogP contribution is -2.25. The molecule has 0 aromatic rings. The van der Waals surface area contributed by atoms with Crippen molar-refractivity contribution in [2.24, 2.45) is 5.92 Å². The molecule has 0 aromatic carbocycles. The fourth-order valence-electron chi connectivity index (χ4n) is 1.06. The first-order chi connectivity index (χ1) is 7.97.